The average molecular weight is 218 g/mol. The molecule has 0 spiro atoms. The fraction of sp³-hybridized carbons (Fsp3) is 0.778. The molecule has 5 heteroatoms. The number of carbonyl (C=O) groups excluding carboxylic acids is 1. The molecule has 0 aromatic heterocycles. The summed E-state index contributed by atoms with van der Waals surface area (Å²) in [5.74, 6) is -0.533. The number of nitrogens with two attached hydrogens (primary N) is 1. The van der Waals surface area contributed by atoms with Crippen LogP contribution in [0, 0.1) is 5.92 Å². The van der Waals surface area contributed by atoms with Gasteiger partial charge < -0.3 is 15.7 Å². The monoisotopic (exact) mass is 218 g/mol. The van der Waals surface area contributed by atoms with Crippen molar-refractivity contribution < 1.29 is 9.90 Å². The maximum absolute atomic E-state index is 11.7. The van der Waals surface area contributed by atoms with E-state index in [0.29, 0.717) is 13.0 Å². The first kappa shape index (κ1) is 13.3. The van der Waals surface area contributed by atoms with Gasteiger partial charge in [-0.3, -0.25) is 4.79 Å². The van der Waals surface area contributed by atoms with Gasteiger partial charge in [0.05, 0.1) is 17.0 Å². The Labute approximate surface area is 90.1 Å². The Hall–Kier alpha value is -0.680. The molecule has 3 N–H and O–H groups in total. The van der Waals surface area contributed by atoms with E-state index < -0.39 is 12.0 Å². The van der Waals surface area contributed by atoms with Crippen LogP contribution in [0.25, 0.3) is 0 Å². The second kappa shape index (κ2) is 5.93. The Morgan fingerprint density at radius 3 is 2.43 bits per heavy atom. The Balaban J connectivity index is 4.35. The van der Waals surface area contributed by atoms with Gasteiger partial charge in [0.25, 0.3) is 0 Å². The molecule has 0 saturated carbocycles. The van der Waals surface area contributed by atoms with Gasteiger partial charge in [-0.25, -0.2) is 0 Å². The quantitative estimate of drug-likeness (QED) is 0.644. The number of likely N-dealkylation sites (N-methyl/N-ethyl adjacent to an activating group) is 1. The number of nitrogens with zero attached hydrogens (tertiary/aromatic N) is 1. The summed E-state index contributed by atoms with van der Waals surface area (Å²) in [6, 6.07) is 0. The number of thiocarbonyl (C=S) groups is 1. The maximum Gasteiger partial charge on any atom is 0.232 e. The van der Waals surface area contributed by atoms with Crippen LogP contribution in [0.1, 0.15) is 20.3 Å². The third-order valence-electron chi connectivity index (χ3n) is 1.96. The van der Waals surface area contributed by atoms with Crippen LogP contribution in [-0.4, -0.2) is 40.6 Å². The molecule has 0 bridgehead atoms. The topological polar surface area (TPSA) is 66.6 Å². The van der Waals surface area contributed by atoms with Gasteiger partial charge in [-0.1, -0.05) is 19.1 Å². The number of rotatable bonds is 5. The lowest BCUT2D eigenvalue weighted by Crippen LogP contribution is -2.41. The number of amides is 1. The average Bonchev–Trinajstić information content (AvgIpc) is 2.03. The molecule has 0 fully saturated rings. The molecule has 1 amide bonds. The van der Waals surface area contributed by atoms with Gasteiger partial charge in [0.1, 0.15) is 0 Å². The van der Waals surface area contributed by atoms with Crippen LogP contribution in [0.3, 0.4) is 0 Å². The third kappa shape index (κ3) is 4.02. The predicted octanol–water partition coefficient (Wildman–Crippen LogP) is 0.138. The molecule has 0 aliphatic rings. The van der Waals surface area contributed by atoms with E-state index in [1.807, 2.05) is 6.92 Å². The van der Waals surface area contributed by atoms with E-state index in [1.165, 1.54) is 4.90 Å². The van der Waals surface area contributed by atoms with Crippen LogP contribution in [0.2, 0.25) is 0 Å². The molecule has 0 aromatic rings. The molecule has 0 rings (SSSR count). The number of aliphatic hydroxyl groups is 1. The number of carbonyl (C=O) groups is 1. The summed E-state index contributed by atoms with van der Waals surface area (Å²) >= 11 is 4.79. The molecular formula is C9H18N2O2S. The van der Waals surface area contributed by atoms with Gasteiger partial charge in [0.15, 0.2) is 0 Å². The molecule has 0 aliphatic heterocycles. The fourth-order valence-electron chi connectivity index (χ4n) is 1.25. The van der Waals surface area contributed by atoms with Crippen molar-refractivity contribution in [2.45, 2.75) is 26.4 Å². The molecule has 0 saturated heterocycles. The Morgan fingerprint density at radius 1 is 1.64 bits per heavy atom. The van der Waals surface area contributed by atoms with Crippen molar-refractivity contribution in [2.75, 3.05) is 13.6 Å². The first-order chi connectivity index (χ1) is 6.40. The summed E-state index contributed by atoms with van der Waals surface area (Å²) in [7, 11) is 1.63. The van der Waals surface area contributed by atoms with Crippen molar-refractivity contribution in [1.29, 1.82) is 0 Å². The van der Waals surface area contributed by atoms with E-state index in [4.69, 9.17) is 23.1 Å². The Kier molecular flexibility index (Phi) is 5.64. The molecule has 14 heavy (non-hydrogen) atoms. The van der Waals surface area contributed by atoms with E-state index in [0.717, 1.165) is 0 Å². The summed E-state index contributed by atoms with van der Waals surface area (Å²) < 4.78 is 0. The molecule has 0 radical (unpaired) electrons. The lowest BCUT2D eigenvalue weighted by Gasteiger charge is -2.23. The third-order valence-corrected chi connectivity index (χ3v) is 2.25. The highest BCUT2D eigenvalue weighted by Crippen LogP contribution is 2.07. The van der Waals surface area contributed by atoms with E-state index >= 15 is 0 Å². The predicted molar refractivity (Wildman–Crippen MR) is 59.9 cm³/mol. The molecule has 2 unspecified atom stereocenters. The highest BCUT2D eigenvalue weighted by molar-refractivity contribution is 7.80. The van der Waals surface area contributed by atoms with Gasteiger partial charge in [-0.2, -0.15) is 0 Å². The van der Waals surface area contributed by atoms with E-state index in [1.54, 1.807) is 14.0 Å². The van der Waals surface area contributed by atoms with Crippen LogP contribution in [-0.2, 0) is 4.79 Å². The number of aliphatic hydroxyl groups excluding tert-OH is 1. The van der Waals surface area contributed by atoms with Crippen LogP contribution in [0.4, 0.5) is 0 Å². The van der Waals surface area contributed by atoms with Crippen molar-refractivity contribution in [3.63, 3.8) is 0 Å². The minimum Gasteiger partial charge on any atom is -0.393 e. The van der Waals surface area contributed by atoms with Crippen molar-refractivity contribution in [3.05, 3.63) is 0 Å². The smallest absolute Gasteiger partial charge is 0.232 e. The summed E-state index contributed by atoms with van der Waals surface area (Å²) in [4.78, 5) is 13.4. The van der Waals surface area contributed by atoms with Gasteiger partial charge >= 0.3 is 0 Å². The highest BCUT2D eigenvalue weighted by Gasteiger charge is 2.23. The summed E-state index contributed by atoms with van der Waals surface area (Å²) in [5.41, 5.74) is 5.44. The zero-order valence-corrected chi connectivity index (χ0v) is 9.67. The molecule has 82 valence electrons. The van der Waals surface area contributed by atoms with E-state index in [9.17, 15) is 4.79 Å². The first-order valence-corrected chi connectivity index (χ1v) is 5.03. The molecular weight excluding hydrogens is 200 g/mol. The standard InChI is InChI=1S/C9H18N2O2S/c1-4-7(8(10)14)9(13)11(3)5-6(2)12/h6-7,12H,4-5H2,1-3H3,(H2,10,14). The van der Waals surface area contributed by atoms with Crippen molar-refractivity contribution in [3.8, 4) is 0 Å². The first-order valence-electron chi connectivity index (χ1n) is 4.62. The second-order valence-electron chi connectivity index (χ2n) is 3.43. The molecule has 0 aromatic carbocycles. The molecule has 2 atom stereocenters. The van der Waals surface area contributed by atoms with Crippen LogP contribution in [0.15, 0.2) is 0 Å². The van der Waals surface area contributed by atoms with Crippen LogP contribution >= 0.6 is 12.2 Å². The van der Waals surface area contributed by atoms with E-state index in [-0.39, 0.29) is 10.9 Å². The zero-order valence-electron chi connectivity index (χ0n) is 8.86. The number of hydrogen-bond acceptors (Lipinski definition) is 3. The van der Waals surface area contributed by atoms with Gasteiger partial charge in [0.2, 0.25) is 5.91 Å². The zero-order chi connectivity index (χ0) is 11.3. The van der Waals surface area contributed by atoms with Gasteiger partial charge in [-0.15, -0.1) is 0 Å². The van der Waals surface area contributed by atoms with E-state index in [2.05, 4.69) is 0 Å². The van der Waals surface area contributed by atoms with Crippen LogP contribution < -0.4 is 5.73 Å². The van der Waals surface area contributed by atoms with Crippen LogP contribution in [0.5, 0.6) is 0 Å². The van der Waals surface area contributed by atoms with Gasteiger partial charge in [-0.05, 0) is 13.3 Å². The maximum atomic E-state index is 11.7. The second-order valence-corrected chi connectivity index (χ2v) is 3.90. The largest absolute Gasteiger partial charge is 0.393 e. The van der Waals surface area contributed by atoms with Crippen molar-refractivity contribution >= 4 is 23.1 Å². The Bertz CT molecular complexity index is 219. The summed E-state index contributed by atoms with van der Waals surface area (Å²) in [5, 5.41) is 9.11. The van der Waals surface area contributed by atoms with Gasteiger partial charge in [0, 0.05) is 13.6 Å². The minimum atomic E-state index is -0.534. The highest BCUT2D eigenvalue weighted by atomic mass is 32.1. The molecule has 4 nitrogen and oxygen atoms in total. The minimum absolute atomic E-state index is 0.124. The lowest BCUT2D eigenvalue weighted by atomic mass is 10.1. The van der Waals surface area contributed by atoms with Crippen molar-refractivity contribution in [1.82, 2.24) is 4.90 Å². The summed E-state index contributed by atoms with van der Waals surface area (Å²) in [6.45, 7) is 3.79. The normalized spacial score (nSPS) is 14.6. The summed E-state index contributed by atoms with van der Waals surface area (Å²) in [6.07, 6.45) is 0.0611. The number of hydrogen-bond donors (Lipinski definition) is 2. The molecule has 0 aliphatic carbocycles. The van der Waals surface area contributed by atoms with Crippen molar-refractivity contribution in [2.24, 2.45) is 11.7 Å². The molecule has 0 heterocycles. The Morgan fingerprint density at radius 2 is 2.14 bits per heavy atom. The fourth-order valence-corrected chi connectivity index (χ4v) is 1.52. The lowest BCUT2D eigenvalue weighted by molar-refractivity contribution is -0.133. The SMILES string of the molecule is CCC(C(=O)N(C)CC(C)O)C(N)=S.